The number of hydrogen-bond donors (Lipinski definition) is 0. The molecule has 0 saturated carbocycles. The van der Waals surface area contributed by atoms with Gasteiger partial charge in [-0.15, -0.1) is 0 Å². The van der Waals surface area contributed by atoms with Crippen molar-refractivity contribution in [2.45, 2.75) is 13.3 Å². The number of alkyl halides is 1. The highest BCUT2D eigenvalue weighted by atomic mass is 127. The van der Waals surface area contributed by atoms with Crippen molar-refractivity contribution in [3.05, 3.63) is 12.2 Å². The van der Waals surface area contributed by atoms with Crippen molar-refractivity contribution in [2.75, 3.05) is 4.43 Å². The molecule has 0 amide bonds. The van der Waals surface area contributed by atoms with Crippen LogP contribution in [0.2, 0.25) is 0 Å². The highest BCUT2D eigenvalue weighted by molar-refractivity contribution is 14.1. The maximum Gasteiger partial charge on any atom is 0.00299 e. The van der Waals surface area contributed by atoms with Crippen molar-refractivity contribution in [1.29, 1.82) is 0 Å². The zero-order valence-corrected chi connectivity index (χ0v) is 6.10. The lowest BCUT2D eigenvalue weighted by Crippen LogP contribution is -1.60. The summed E-state index contributed by atoms with van der Waals surface area (Å²) < 4.78 is 1.24. The molecule has 0 saturated heterocycles. The number of hydrogen-bond acceptors (Lipinski definition) is 0. The van der Waals surface area contributed by atoms with Gasteiger partial charge < -0.3 is 0 Å². The standard InChI is InChI=1S/C5H9I/c1-2-3-4-5-6/h2-3H,4-5H2,1H3/b3-2+. The van der Waals surface area contributed by atoms with E-state index in [1.165, 1.54) is 10.8 Å². The van der Waals surface area contributed by atoms with Gasteiger partial charge in [-0.2, -0.15) is 0 Å². The highest BCUT2D eigenvalue weighted by Crippen LogP contribution is 1.87. The zero-order chi connectivity index (χ0) is 4.83. The predicted molar refractivity (Wildman–Crippen MR) is 38.3 cm³/mol. The summed E-state index contributed by atoms with van der Waals surface area (Å²) in [6.07, 6.45) is 5.47. The summed E-state index contributed by atoms with van der Waals surface area (Å²) in [7, 11) is 0. The SMILES string of the molecule is C/C=C/CCI. The quantitative estimate of drug-likeness (QED) is 0.361. The second-order valence-corrected chi connectivity index (χ2v) is 2.13. The van der Waals surface area contributed by atoms with E-state index in [0.717, 1.165) is 0 Å². The van der Waals surface area contributed by atoms with Crippen LogP contribution in [-0.4, -0.2) is 4.43 Å². The first kappa shape index (κ1) is 6.47. The lowest BCUT2D eigenvalue weighted by molar-refractivity contribution is 1.27. The van der Waals surface area contributed by atoms with Gasteiger partial charge in [0.25, 0.3) is 0 Å². The Labute approximate surface area is 52.8 Å². The molecule has 0 unspecified atom stereocenters. The van der Waals surface area contributed by atoms with Crippen LogP contribution in [0.5, 0.6) is 0 Å². The molecule has 0 radical (unpaired) electrons. The van der Waals surface area contributed by atoms with Crippen LogP contribution >= 0.6 is 22.6 Å². The fourth-order valence-corrected chi connectivity index (χ4v) is 0.589. The van der Waals surface area contributed by atoms with E-state index in [1.807, 2.05) is 6.92 Å². The molecule has 0 heterocycles. The van der Waals surface area contributed by atoms with Crippen molar-refractivity contribution in [1.82, 2.24) is 0 Å². The van der Waals surface area contributed by atoms with Gasteiger partial charge in [-0.3, -0.25) is 0 Å². The first-order valence-electron chi connectivity index (χ1n) is 2.09. The van der Waals surface area contributed by atoms with Gasteiger partial charge in [-0.25, -0.2) is 0 Å². The van der Waals surface area contributed by atoms with Gasteiger partial charge in [0, 0.05) is 4.43 Å². The fraction of sp³-hybridized carbons (Fsp3) is 0.600. The molecule has 0 rings (SSSR count). The maximum atomic E-state index is 2.36. The van der Waals surface area contributed by atoms with E-state index >= 15 is 0 Å². The predicted octanol–water partition coefficient (Wildman–Crippen LogP) is 2.39. The third-order valence-electron chi connectivity index (χ3n) is 0.511. The molecule has 0 bridgehead atoms. The van der Waals surface area contributed by atoms with Crippen LogP contribution in [0.4, 0.5) is 0 Å². The van der Waals surface area contributed by atoms with E-state index in [9.17, 15) is 0 Å². The van der Waals surface area contributed by atoms with Crippen LogP contribution in [0.25, 0.3) is 0 Å². The average molecular weight is 196 g/mol. The minimum Gasteiger partial charge on any atom is -0.0916 e. The Balaban J connectivity index is 2.66. The molecule has 0 aliphatic carbocycles. The Morgan fingerprint density at radius 1 is 1.67 bits per heavy atom. The van der Waals surface area contributed by atoms with Crippen LogP contribution in [0.1, 0.15) is 13.3 Å². The van der Waals surface area contributed by atoms with Crippen LogP contribution < -0.4 is 0 Å². The van der Waals surface area contributed by atoms with E-state index in [1.54, 1.807) is 0 Å². The summed E-state index contributed by atoms with van der Waals surface area (Å²) in [5.41, 5.74) is 0. The van der Waals surface area contributed by atoms with Crippen molar-refractivity contribution < 1.29 is 0 Å². The van der Waals surface area contributed by atoms with Crippen LogP contribution in [0.3, 0.4) is 0 Å². The van der Waals surface area contributed by atoms with E-state index < -0.39 is 0 Å². The Morgan fingerprint density at radius 2 is 2.33 bits per heavy atom. The molecule has 0 atom stereocenters. The van der Waals surface area contributed by atoms with Crippen molar-refractivity contribution in [3.8, 4) is 0 Å². The summed E-state index contributed by atoms with van der Waals surface area (Å²) in [6.45, 7) is 2.05. The summed E-state index contributed by atoms with van der Waals surface area (Å²) in [5, 5.41) is 0. The molecule has 0 aromatic heterocycles. The van der Waals surface area contributed by atoms with Crippen molar-refractivity contribution in [2.24, 2.45) is 0 Å². The Kier molecular flexibility index (Phi) is 5.90. The van der Waals surface area contributed by atoms with Gasteiger partial charge in [0.05, 0.1) is 0 Å². The van der Waals surface area contributed by atoms with Gasteiger partial charge >= 0.3 is 0 Å². The van der Waals surface area contributed by atoms with Gasteiger partial charge in [-0.05, 0) is 13.3 Å². The summed E-state index contributed by atoms with van der Waals surface area (Å²) in [6, 6.07) is 0. The van der Waals surface area contributed by atoms with Gasteiger partial charge in [0.1, 0.15) is 0 Å². The van der Waals surface area contributed by atoms with Crippen molar-refractivity contribution >= 4 is 22.6 Å². The monoisotopic (exact) mass is 196 g/mol. The first-order valence-corrected chi connectivity index (χ1v) is 3.61. The minimum absolute atomic E-state index is 1.22. The topological polar surface area (TPSA) is 0 Å². The van der Waals surface area contributed by atoms with Gasteiger partial charge in [0.2, 0.25) is 0 Å². The lowest BCUT2D eigenvalue weighted by Gasteiger charge is -1.74. The molecule has 0 aliphatic heterocycles. The van der Waals surface area contributed by atoms with Gasteiger partial charge in [0.15, 0.2) is 0 Å². The largest absolute Gasteiger partial charge is 0.0916 e. The van der Waals surface area contributed by atoms with E-state index in [0.29, 0.717) is 0 Å². The Bertz CT molecular complexity index is 39.2. The lowest BCUT2D eigenvalue weighted by atomic mass is 10.4. The minimum atomic E-state index is 1.22. The van der Waals surface area contributed by atoms with E-state index in [-0.39, 0.29) is 0 Å². The smallest absolute Gasteiger partial charge is 0.00299 e. The van der Waals surface area contributed by atoms with E-state index in [4.69, 9.17) is 0 Å². The molecule has 6 heavy (non-hydrogen) atoms. The molecular weight excluding hydrogens is 187 g/mol. The summed E-state index contributed by atoms with van der Waals surface area (Å²) >= 11 is 2.36. The van der Waals surface area contributed by atoms with Crippen LogP contribution in [0.15, 0.2) is 12.2 Å². The maximum absolute atomic E-state index is 2.36. The molecular formula is C5H9I. The van der Waals surface area contributed by atoms with Crippen molar-refractivity contribution in [3.63, 3.8) is 0 Å². The summed E-state index contributed by atoms with van der Waals surface area (Å²) in [5.74, 6) is 0. The van der Waals surface area contributed by atoms with Crippen LogP contribution in [0, 0.1) is 0 Å². The molecule has 1 heteroatoms. The second-order valence-electron chi connectivity index (χ2n) is 1.05. The molecule has 0 fully saturated rings. The average Bonchev–Trinajstić information content (AvgIpc) is 1.61. The van der Waals surface area contributed by atoms with Gasteiger partial charge in [-0.1, -0.05) is 34.7 Å². The molecule has 0 N–H and O–H groups in total. The third-order valence-corrected chi connectivity index (χ3v) is 1.13. The fourth-order valence-electron chi connectivity index (χ4n) is 0.230. The third kappa shape index (κ3) is 4.47. The Morgan fingerprint density at radius 3 is 2.50 bits per heavy atom. The molecule has 0 aliphatic rings. The number of allylic oxidation sites excluding steroid dienone is 2. The van der Waals surface area contributed by atoms with Crippen LogP contribution in [-0.2, 0) is 0 Å². The molecule has 36 valence electrons. The molecule has 0 aromatic rings. The molecule has 0 aromatic carbocycles. The second kappa shape index (κ2) is 5.47. The first-order chi connectivity index (χ1) is 2.91. The zero-order valence-electron chi connectivity index (χ0n) is 3.95. The molecule has 0 nitrogen and oxygen atoms in total. The number of rotatable bonds is 2. The number of halogens is 1. The highest BCUT2D eigenvalue weighted by Gasteiger charge is 1.66. The van der Waals surface area contributed by atoms with E-state index in [2.05, 4.69) is 34.7 Å². The summed E-state index contributed by atoms with van der Waals surface area (Å²) in [4.78, 5) is 0. The normalized spacial score (nSPS) is 10.3. The Hall–Kier alpha value is 0.470. The molecule has 0 spiro atoms.